The summed E-state index contributed by atoms with van der Waals surface area (Å²) in [6.07, 6.45) is 3.19. The van der Waals surface area contributed by atoms with Crippen LogP contribution in [0.4, 0.5) is 0 Å². The van der Waals surface area contributed by atoms with Crippen molar-refractivity contribution >= 4 is 16.9 Å². The number of nitrogens with zero attached hydrogens (tertiary/aromatic N) is 5. The Morgan fingerprint density at radius 2 is 1.86 bits per heavy atom. The van der Waals surface area contributed by atoms with Crippen LogP contribution in [0.2, 0.25) is 0 Å². The lowest BCUT2D eigenvalue weighted by atomic mass is 9.99. The lowest BCUT2D eigenvalue weighted by Crippen LogP contribution is -2.48. The van der Waals surface area contributed by atoms with E-state index in [1.807, 2.05) is 0 Å². The second kappa shape index (κ2) is 6.38. The molecular formula is C19H13N5O4. The van der Waals surface area contributed by atoms with Gasteiger partial charge in [-0.2, -0.15) is 4.98 Å². The van der Waals surface area contributed by atoms with Crippen LogP contribution in [0.3, 0.4) is 0 Å². The first-order valence-corrected chi connectivity index (χ1v) is 8.62. The van der Waals surface area contributed by atoms with Gasteiger partial charge in [0.1, 0.15) is 5.58 Å². The van der Waals surface area contributed by atoms with E-state index in [2.05, 4.69) is 20.1 Å². The molecule has 4 heterocycles. The third-order valence-corrected chi connectivity index (χ3v) is 4.57. The fourth-order valence-electron chi connectivity index (χ4n) is 3.07. The SMILES string of the molecule is O=C(c1cc(=O)c2ccccc2o1)N1CC(c2nc(-c3ncccn3)no2)C1. The van der Waals surface area contributed by atoms with E-state index in [0.717, 1.165) is 0 Å². The molecular weight excluding hydrogens is 362 g/mol. The van der Waals surface area contributed by atoms with Gasteiger partial charge in [0.15, 0.2) is 11.2 Å². The van der Waals surface area contributed by atoms with Crippen molar-refractivity contribution in [2.75, 3.05) is 13.1 Å². The minimum atomic E-state index is -0.342. The summed E-state index contributed by atoms with van der Waals surface area (Å²) in [5.41, 5.74) is 0.145. The second-order valence-corrected chi connectivity index (χ2v) is 6.41. The van der Waals surface area contributed by atoms with Crippen LogP contribution in [0.1, 0.15) is 22.4 Å². The van der Waals surface area contributed by atoms with Crippen LogP contribution in [0.15, 0.2) is 62.5 Å². The van der Waals surface area contributed by atoms with Gasteiger partial charge in [0.25, 0.3) is 5.91 Å². The summed E-state index contributed by atoms with van der Waals surface area (Å²) in [6.45, 7) is 0.791. The van der Waals surface area contributed by atoms with Gasteiger partial charge in [-0.1, -0.05) is 17.3 Å². The van der Waals surface area contributed by atoms with E-state index >= 15 is 0 Å². The zero-order chi connectivity index (χ0) is 19.1. The number of carbonyl (C=O) groups is 1. The first kappa shape index (κ1) is 16.3. The minimum absolute atomic E-state index is 0.0195. The highest BCUT2D eigenvalue weighted by molar-refractivity contribution is 5.93. The van der Waals surface area contributed by atoms with Crippen LogP contribution in [-0.2, 0) is 0 Å². The highest BCUT2D eigenvalue weighted by Gasteiger charge is 2.37. The molecule has 1 aromatic carbocycles. The standard InChI is InChI=1S/C19H13N5O4/c25-13-8-15(27-14-5-2-1-4-12(13)14)19(26)24-9-11(10-24)18-22-17(23-28-18)16-20-6-3-7-21-16/h1-8,11H,9-10H2. The quantitative estimate of drug-likeness (QED) is 0.533. The number of benzene rings is 1. The molecule has 0 bridgehead atoms. The number of para-hydroxylation sites is 1. The third kappa shape index (κ3) is 2.73. The minimum Gasteiger partial charge on any atom is -0.451 e. The van der Waals surface area contributed by atoms with Crippen molar-refractivity contribution in [2.24, 2.45) is 0 Å². The number of rotatable bonds is 3. The van der Waals surface area contributed by atoms with Crippen molar-refractivity contribution in [1.82, 2.24) is 25.0 Å². The van der Waals surface area contributed by atoms with Gasteiger partial charge in [0.2, 0.25) is 17.5 Å². The molecule has 9 nitrogen and oxygen atoms in total. The molecule has 1 amide bonds. The molecule has 1 aliphatic heterocycles. The Kier molecular flexibility index (Phi) is 3.71. The molecule has 28 heavy (non-hydrogen) atoms. The molecule has 0 unspecified atom stereocenters. The summed E-state index contributed by atoms with van der Waals surface area (Å²) in [6, 6.07) is 9.76. The number of aromatic nitrogens is 4. The molecule has 9 heteroatoms. The summed E-state index contributed by atoms with van der Waals surface area (Å²) in [5.74, 6) is 0.701. The van der Waals surface area contributed by atoms with Crippen molar-refractivity contribution in [2.45, 2.75) is 5.92 Å². The molecule has 1 saturated heterocycles. The maximum absolute atomic E-state index is 12.6. The highest BCUT2D eigenvalue weighted by Crippen LogP contribution is 2.28. The molecule has 0 aliphatic carbocycles. The van der Waals surface area contributed by atoms with Crippen LogP contribution in [0.5, 0.6) is 0 Å². The molecule has 1 fully saturated rings. The summed E-state index contributed by atoms with van der Waals surface area (Å²) in [7, 11) is 0. The summed E-state index contributed by atoms with van der Waals surface area (Å²) >= 11 is 0. The van der Waals surface area contributed by atoms with Gasteiger partial charge in [-0.05, 0) is 18.2 Å². The van der Waals surface area contributed by atoms with Crippen LogP contribution in [-0.4, -0.2) is 44.0 Å². The van der Waals surface area contributed by atoms with E-state index in [1.165, 1.54) is 6.07 Å². The van der Waals surface area contributed by atoms with Crippen LogP contribution in [0.25, 0.3) is 22.6 Å². The van der Waals surface area contributed by atoms with Crippen molar-refractivity contribution in [1.29, 1.82) is 0 Å². The predicted molar refractivity (Wildman–Crippen MR) is 96.5 cm³/mol. The van der Waals surface area contributed by atoms with Crippen molar-refractivity contribution in [3.05, 3.63) is 70.7 Å². The Morgan fingerprint density at radius 1 is 1.07 bits per heavy atom. The maximum atomic E-state index is 12.6. The van der Waals surface area contributed by atoms with Crippen LogP contribution < -0.4 is 5.43 Å². The van der Waals surface area contributed by atoms with Gasteiger partial charge >= 0.3 is 0 Å². The Labute approximate surface area is 157 Å². The van der Waals surface area contributed by atoms with E-state index in [4.69, 9.17) is 8.94 Å². The van der Waals surface area contributed by atoms with Crippen molar-refractivity contribution in [3.63, 3.8) is 0 Å². The molecule has 0 atom stereocenters. The van der Waals surface area contributed by atoms with Crippen molar-refractivity contribution < 1.29 is 13.7 Å². The number of hydrogen-bond acceptors (Lipinski definition) is 8. The van der Waals surface area contributed by atoms with Crippen molar-refractivity contribution in [3.8, 4) is 11.6 Å². The second-order valence-electron chi connectivity index (χ2n) is 6.41. The number of hydrogen-bond donors (Lipinski definition) is 0. The topological polar surface area (TPSA) is 115 Å². The fraction of sp³-hybridized carbons (Fsp3) is 0.158. The van der Waals surface area contributed by atoms with E-state index in [-0.39, 0.29) is 23.0 Å². The van der Waals surface area contributed by atoms with Gasteiger partial charge in [-0.3, -0.25) is 9.59 Å². The zero-order valence-corrected chi connectivity index (χ0v) is 14.5. The number of carbonyl (C=O) groups excluding carboxylic acids is 1. The molecule has 0 radical (unpaired) electrons. The normalized spacial score (nSPS) is 14.2. The molecule has 0 spiro atoms. The Bertz CT molecular complexity index is 1230. The number of likely N-dealkylation sites (tertiary alicyclic amines) is 1. The van der Waals surface area contributed by atoms with E-state index in [0.29, 0.717) is 41.6 Å². The van der Waals surface area contributed by atoms with Gasteiger partial charge in [0, 0.05) is 31.5 Å². The molecule has 138 valence electrons. The Hall–Kier alpha value is -3.88. The van der Waals surface area contributed by atoms with Crippen LogP contribution in [0, 0.1) is 0 Å². The summed E-state index contributed by atoms with van der Waals surface area (Å²) in [5, 5.41) is 4.34. The number of amides is 1. The summed E-state index contributed by atoms with van der Waals surface area (Å²) in [4.78, 5) is 38.9. The molecule has 0 N–H and O–H groups in total. The van der Waals surface area contributed by atoms with Gasteiger partial charge in [-0.25, -0.2) is 9.97 Å². The summed E-state index contributed by atoms with van der Waals surface area (Å²) < 4.78 is 10.9. The number of fused-ring (bicyclic) bond motifs is 1. The Balaban J connectivity index is 1.31. The maximum Gasteiger partial charge on any atom is 0.289 e. The fourth-order valence-corrected chi connectivity index (χ4v) is 3.07. The van der Waals surface area contributed by atoms with Gasteiger partial charge < -0.3 is 13.8 Å². The largest absolute Gasteiger partial charge is 0.451 e. The first-order valence-electron chi connectivity index (χ1n) is 8.62. The predicted octanol–water partition coefficient (Wildman–Crippen LogP) is 1.87. The van der Waals surface area contributed by atoms with Gasteiger partial charge in [0.05, 0.1) is 11.3 Å². The Morgan fingerprint density at radius 3 is 2.68 bits per heavy atom. The lowest BCUT2D eigenvalue weighted by molar-refractivity contribution is 0.0537. The zero-order valence-electron chi connectivity index (χ0n) is 14.5. The first-order chi connectivity index (χ1) is 13.7. The molecule has 3 aromatic heterocycles. The van der Waals surface area contributed by atoms with Gasteiger partial charge in [-0.15, -0.1) is 0 Å². The molecule has 1 aliphatic rings. The van der Waals surface area contributed by atoms with E-state index in [9.17, 15) is 9.59 Å². The average Bonchev–Trinajstić information content (AvgIpc) is 3.17. The third-order valence-electron chi connectivity index (χ3n) is 4.57. The molecule has 0 saturated carbocycles. The molecule has 4 aromatic rings. The monoisotopic (exact) mass is 375 g/mol. The van der Waals surface area contributed by atoms with E-state index in [1.54, 1.807) is 47.6 Å². The highest BCUT2D eigenvalue weighted by atomic mass is 16.5. The average molecular weight is 375 g/mol. The smallest absolute Gasteiger partial charge is 0.289 e. The molecule has 5 rings (SSSR count). The van der Waals surface area contributed by atoms with Crippen LogP contribution >= 0.6 is 0 Å². The van der Waals surface area contributed by atoms with E-state index < -0.39 is 0 Å². The lowest BCUT2D eigenvalue weighted by Gasteiger charge is -2.36.